The zero-order valence-corrected chi connectivity index (χ0v) is 19.7. The number of hydrogen-bond donors (Lipinski definition) is 0. The van der Waals surface area contributed by atoms with E-state index in [0.29, 0.717) is 33.4 Å². The maximum absolute atomic E-state index is 12.8. The first-order chi connectivity index (χ1) is 15.1. The van der Waals surface area contributed by atoms with Gasteiger partial charge < -0.3 is 9.47 Å². The first-order valence-corrected chi connectivity index (χ1v) is 11.7. The number of unbranched alkanes of at least 4 members (excludes halogenated alkanes) is 2. The second kappa shape index (κ2) is 9.62. The van der Waals surface area contributed by atoms with Gasteiger partial charge in [0, 0.05) is 10.0 Å². The van der Waals surface area contributed by atoms with E-state index in [2.05, 4.69) is 32.9 Å². The van der Waals surface area contributed by atoms with Crippen molar-refractivity contribution >= 4 is 38.3 Å². The summed E-state index contributed by atoms with van der Waals surface area (Å²) < 4.78 is 14.2. The van der Waals surface area contributed by atoms with Gasteiger partial charge in [0.25, 0.3) is 5.56 Å². The zero-order chi connectivity index (χ0) is 21.8. The van der Waals surface area contributed by atoms with E-state index >= 15 is 0 Å². The van der Waals surface area contributed by atoms with Crippen LogP contribution < -0.4 is 19.6 Å². The van der Waals surface area contributed by atoms with E-state index in [-0.39, 0.29) is 5.56 Å². The van der Waals surface area contributed by atoms with Crippen LogP contribution in [0.4, 0.5) is 0 Å². The molecule has 2 aromatic heterocycles. The van der Waals surface area contributed by atoms with Gasteiger partial charge in [-0.3, -0.25) is 4.79 Å². The van der Waals surface area contributed by atoms with E-state index in [4.69, 9.17) is 9.47 Å². The molecule has 0 radical (unpaired) electrons. The quantitative estimate of drug-likeness (QED) is 0.328. The minimum absolute atomic E-state index is 0.185. The lowest BCUT2D eigenvalue weighted by Crippen LogP contribution is -2.23. The van der Waals surface area contributed by atoms with E-state index < -0.39 is 0 Å². The summed E-state index contributed by atoms with van der Waals surface area (Å²) in [6.07, 6.45) is 5.12. The summed E-state index contributed by atoms with van der Waals surface area (Å²) in [6.45, 7) is 2.82. The predicted molar refractivity (Wildman–Crippen MR) is 127 cm³/mol. The highest BCUT2D eigenvalue weighted by atomic mass is 79.9. The number of nitrogens with zero attached hydrogens (tertiary/aromatic N) is 3. The van der Waals surface area contributed by atoms with Gasteiger partial charge in [-0.15, -0.1) is 5.10 Å². The van der Waals surface area contributed by atoms with Crippen LogP contribution in [0.15, 0.2) is 51.7 Å². The lowest BCUT2D eigenvalue weighted by atomic mass is 10.2. The molecule has 4 aromatic rings. The Hall–Kier alpha value is -2.71. The molecule has 0 aliphatic carbocycles. The van der Waals surface area contributed by atoms with E-state index in [9.17, 15) is 4.79 Å². The Morgan fingerprint density at radius 3 is 2.65 bits per heavy atom. The molecule has 0 atom stereocenters. The second-order valence-electron chi connectivity index (χ2n) is 7.02. The summed E-state index contributed by atoms with van der Waals surface area (Å²) in [6, 6.07) is 13.3. The Morgan fingerprint density at radius 2 is 1.94 bits per heavy atom. The van der Waals surface area contributed by atoms with Gasteiger partial charge in [-0.1, -0.05) is 65.2 Å². The molecule has 6 nitrogen and oxygen atoms in total. The molecule has 31 heavy (non-hydrogen) atoms. The topological polar surface area (TPSA) is 65.7 Å². The van der Waals surface area contributed by atoms with Crippen molar-refractivity contribution < 1.29 is 9.47 Å². The van der Waals surface area contributed by atoms with Crippen molar-refractivity contribution in [2.75, 3.05) is 13.7 Å². The van der Waals surface area contributed by atoms with Crippen LogP contribution in [-0.2, 0) is 0 Å². The average molecular weight is 500 g/mol. The Morgan fingerprint density at radius 1 is 1.13 bits per heavy atom. The van der Waals surface area contributed by atoms with Crippen LogP contribution in [-0.4, -0.2) is 28.3 Å². The maximum Gasteiger partial charge on any atom is 0.291 e. The predicted octanol–water partition coefficient (Wildman–Crippen LogP) is 4.71. The molecule has 0 saturated heterocycles. The van der Waals surface area contributed by atoms with Crippen LogP contribution in [0, 0.1) is 0 Å². The molecule has 0 bridgehead atoms. The number of halogens is 1. The van der Waals surface area contributed by atoms with E-state index in [1.165, 1.54) is 15.9 Å². The molecule has 0 amide bonds. The summed E-state index contributed by atoms with van der Waals surface area (Å²) in [4.78, 5) is 17.9. The van der Waals surface area contributed by atoms with Crippen LogP contribution in [0.25, 0.3) is 22.4 Å². The Kier molecular flexibility index (Phi) is 6.67. The van der Waals surface area contributed by atoms with Crippen LogP contribution in [0.3, 0.4) is 0 Å². The van der Waals surface area contributed by atoms with Crippen LogP contribution in [0.2, 0.25) is 0 Å². The van der Waals surface area contributed by atoms with Gasteiger partial charge in [0.15, 0.2) is 17.3 Å². The van der Waals surface area contributed by atoms with Crippen molar-refractivity contribution in [2.45, 2.75) is 26.2 Å². The third kappa shape index (κ3) is 4.80. The fourth-order valence-corrected chi connectivity index (χ4v) is 4.31. The smallest absolute Gasteiger partial charge is 0.291 e. The fourth-order valence-electron chi connectivity index (χ4n) is 3.13. The lowest BCUT2D eigenvalue weighted by molar-refractivity contribution is 0.286. The molecular formula is C23H22BrN3O3S. The standard InChI is InChI=1S/C23H22BrN3O3S/c1-3-4-5-12-30-18-11-6-15(13-19(18)29-2)14-20-22(28)27-23(31-20)25-21(26-27)16-7-9-17(24)10-8-16/h6-11,13-14H,3-5,12H2,1-2H3/b20-14+. The van der Waals surface area contributed by atoms with Crippen molar-refractivity contribution in [3.63, 3.8) is 0 Å². The molecule has 8 heteroatoms. The first kappa shape index (κ1) is 21.5. The van der Waals surface area contributed by atoms with Crippen molar-refractivity contribution in [3.8, 4) is 22.9 Å². The van der Waals surface area contributed by atoms with Crippen molar-refractivity contribution in [1.29, 1.82) is 0 Å². The van der Waals surface area contributed by atoms with Gasteiger partial charge in [0.1, 0.15) is 0 Å². The molecule has 2 heterocycles. The summed E-state index contributed by atoms with van der Waals surface area (Å²) in [7, 11) is 1.61. The zero-order valence-electron chi connectivity index (χ0n) is 17.3. The molecule has 0 saturated carbocycles. The average Bonchev–Trinajstić information content (AvgIpc) is 3.32. The van der Waals surface area contributed by atoms with Gasteiger partial charge in [-0.05, 0) is 42.3 Å². The summed E-state index contributed by atoms with van der Waals surface area (Å²) in [5, 5.41) is 4.39. The SMILES string of the molecule is CCCCCOc1ccc(/C=c2/sc3nc(-c4ccc(Br)cc4)nn3c2=O)cc1OC. The van der Waals surface area contributed by atoms with Gasteiger partial charge in [0.05, 0.1) is 18.2 Å². The van der Waals surface area contributed by atoms with Gasteiger partial charge in [0.2, 0.25) is 4.96 Å². The minimum atomic E-state index is -0.185. The Labute approximate surface area is 192 Å². The molecule has 0 aliphatic rings. The third-order valence-electron chi connectivity index (χ3n) is 4.78. The highest BCUT2D eigenvalue weighted by molar-refractivity contribution is 9.10. The number of benzene rings is 2. The number of ether oxygens (including phenoxy) is 2. The minimum Gasteiger partial charge on any atom is -0.493 e. The molecule has 4 rings (SSSR count). The highest BCUT2D eigenvalue weighted by Gasteiger charge is 2.12. The van der Waals surface area contributed by atoms with Crippen LogP contribution >= 0.6 is 27.3 Å². The van der Waals surface area contributed by atoms with Crippen molar-refractivity contribution in [1.82, 2.24) is 14.6 Å². The number of hydrogen-bond acceptors (Lipinski definition) is 6. The number of methoxy groups -OCH3 is 1. The van der Waals surface area contributed by atoms with Crippen molar-refractivity contribution in [3.05, 3.63) is 67.4 Å². The third-order valence-corrected chi connectivity index (χ3v) is 6.26. The second-order valence-corrected chi connectivity index (χ2v) is 8.94. The highest BCUT2D eigenvalue weighted by Crippen LogP contribution is 2.28. The molecule has 0 unspecified atom stereocenters. The summed E-state index contributed by atoms with van der Waals surface area (Å²) in [5.74, 6) is 1.89. The number of fused-ring (bicyclic) bond motifs is 1. The van der Waals surface area contributed by atoms with Crippen LogP contribution in [0.5, 0.6) is 11.5 Å². The first-order valence-electron chi connectivity index (χ1n) is 10.1. The molecule has 0 aliphatic heterocycles. The normalized spacial score (nSPS) is 11.9. The Bertz CT molecular complexity index is 1300. The van der Waals surface area contributed by atoms with Gasteiger partial charge >= 0.3 is 0 Å². The van der Waals surface area contributed by atoms with E-state index in [1.54, 1.807) is 7.11 Å². The molecular weight excluding hydrogens is 478 g/mol. The van der Waals surface area contributed by atoms with Gasteiger partial charge in [-0.2, -0.15) is 9.50 Å². The monoisotopic (exact) mass is 499 g/mol. The van der Waals surface area contributed by atoms with Crippen LogP contribution in [0.1, 0.15) is 31.7 Å². The molecule has 160 valence electrons. The van der Waals surface area contributed by atoms with Gasteiger partial charge in [-0.25, -0.2) is 0 Å². The van der Waals surface area contributed by atoms with Crippen molar-refractivity contribution in [2.24, 2.45) is 0 Å². The lowest BCUT2D eigenvalue weighted by Gasteiger charge is -2.11. The largest absolute Gasteiger partial charge is 0.493 e. The number of thiazole rings is 1. The number of rotatable bonds is 8. The molecule has 0 fully saturated rings. The maximum atomic E-state index is 12.8. The van der Waals surface area contributed by atoms with E-state index in [0.717, 1.165) is 34.9 Å². The van der Waals surface area contributed by atoms with E-state index in [1.807, 2.05) is 48.5 Å². The fraction of sp³-hybridized carbons (Fsp3) is 0.261. The molecule has 0 spiro atoms. The number of aromatic nitrogens is 3. The Balaban J connectivity index is 1.61. The molecule has 0 N–H and O–H groups in total. The summed E-state index contributed by atoms with van der Waals surface area (Å²) in [5.41, 5.74) is 1.53. The molecule has 2 aromatic carbocycles. The summed E-state index contributed by atoms with van der Waals surface area (Å²) >= 11 is 4.73.